The maximum Gasteiger partial charge on any atom is 0.338 e. The van der Waals surface area contributed by atoms with Crippen molar-refractivity contribution in [1.82, 2.24) is 9.62 Å². The first kappa shape index (κ1) is 19.7. The molecule has 0 aliphatic carbocycles. The van der Waals surface area contributed by atoms with Crippen molar-refractivity contribution >= 4 is 33.5 Å². The first-order valence-electron chi connectivity index (χ1n) is 8.05. The zero-order valence-electron chi connectivity index (χ0n) is 14.1. The average molecular weight is 389 g/mol. The van der Waals surface area contributed by atoms with Gasteiger partial charge in [-0.1, -0.05) is 11.6 Å². The third kappa shape index (κ3) is 4.50. The number of hydrogen-bond donors (Lipinski definition) is 1. The van der Waals surface area contributed by atoms with E-state index in [0.717, 1.165) is 12.8 Å². The van der Waals surface area contributed by atoms with Gasteiger partial charge in [0.25, 0.3) is 5.91 Å². The molecule has 0 saturated carbocycles. The van der Waals surface area contributed by atoms with E-state index in [4.69, 9.17) is 16.3 Å². The molecule has 25 heavy (non-hydrogen) atoms. The quantitative estimate of drug-likeness (QED) is 0.750. The Morgan fingerprint density at radius 2 is 1.96 bits per heavy atom. The fourth-order valence-corrected chi connectivity index (χ4v) is 4.51. The summed E-state index contributed by atoms with van der Waals surface area (Å²) in [5.41, 5.74) is 0.0262. The van der Waals surface area contributed by atoms with Crippen LogP contribution >= 0.6 is 11.6 Å². The van der Waals surface area contributed by atoms with Gasteiger partial charge in [0.05, 0.1) is 10.6 Å². The van der Waals surface area contributed by atoms with Crippen molar-refractivity contribution in [3.63, 3.8) is 0 Å². The van der Waals surface area contributed by atoms with Gasteiger partial charge in [0.15, 0.2) is 6.10 Å². The molecular weight excluding hydrogens is 368 g/mol. The van der Waals surface area contributed by atoms with E-state index in [0.29, 0.717) is 19.6 Å². The van der Waals surface area contributed by atoms with Gasteiger partial charge in [-0.25, -0.2) is 13.2 Å². The molecule has 0 spiro atoms. The minimum Gasteiger partial charge on any atom is -0.449 e. The Bertz CT molecular complexity index is 760. The molecule has 1 atom stereocenters. The number of amides is 1. The highest BCUT2D eigenvalue weighted by Gasteiger charge is 2.30. The van der Waals surface area contributed by atoms with Crippen LogP contribution in [0.25, 0.3) is 0 Å². The van der Waals surface area contributed by atoms with Crippen LogP contribution in [-0.2, 0) is 19.6 Å². The number of hydrogen-bond acceptors (Lipinski definition) is 5. The Kier molecular flexibility index (Phi) is 6.42. The molecule has 1 saturated heterocycles. The highest BCUT2D eigenvalue weighted by molar-refractivity contribution is 7.89. The van der Waals surface area contributed by atoms with Crippen molar-refractivity contribution in [1.29, 1.82) is 0 Å². The number of nitrogens with one attached hydrogen (secondary N) is 1. The highest BCUT2D eigenvalue weighted by atomic mass is 35.5. The Balaban J connectivity index is 2.23. The number of esters is 1. The molecule has 1 aromatic rings. The predicted octanol–water partition coefficient (Wildman–Crippen LogP) is 1.81. The minimum atomic E-state index is -3.76. The van der Waals surface area contributed by atoms with Gasteiger partial charge >= 0.3 is 5.97 Å². The summed E-state index contributed by atoms with van der Waals surface area (Å²) in [7, 11) is -3.76. The molecule has 0 aromatic heterocycles. The fraction of sp³-hybridized carbons (Fsp3) is 0.500. The van der Waals surface area contributed by atoms with Gasteiger partial charge in [0.1, 0.15) is 4.90 Å². The molecule has 1 heterocycles. The predicted molar refractivity (Wildman–Crippen MR) is 93.0 cm³/mol. The van der Waals surface area contributed by atoms with Gasteiger partial charge in [-0.05, 0) is 44.9 Å². The van der Waals surface area contributed by atoms with Gasteiger partial charge in [-0.15, -0.1) is 0 Å². The second kappa shape index (κ2) is 8.16. The van der Waals surface area contributed by atoms with Crippen molar-refractivity contribution in [2.75, 3.05) is 19.6 Å². The van der Waals surface area contributed by atoms with Crippen LogP contribution < -0.4 is 5.32 Å². The van der Waals surface area contributed by atoms with Crippen molar-refractivity contribution in [2.45, 2.75) is 37.7 Å². The molecule has 0 radical (unpaired) electrons. The second-order valence-corrected chi connectivity index (χ2v) is 8.01. The monoisotopic (exact) mass is 388 g/mol. The van der Waals surface area contributed by atoms with Gasteiger partial charge < -0.3 is 10.1 Å². The van der Waals surface area contributed by atoms with Crippen LogP contribution in [0.4, 0.5) is 0 Å². The van der Waals surface area contributed by atoms with E-state index in [-0.39, 0.29) is 15.5 Å². The maximum absolute atomic E-state index is 12.7. The summed E-state index contributed by atoms with van der Waals surface area (Å²) in [5.74, 6) is -1.21. The zero-order chi connectivity index (χ0) is 18.6. The molecule has 138 valence electrons. The Labute approximate surface area is 152 Å². The van der Waals surface area contributed by atoms with E-state index < -0.39 is 28.0 Å². The Morgan fingerprint density at radius 3 is 2.56 bits per heavy atom. The van der Waals surface area contributed by atoms with Gasteiger partial charge in [0, 0.05) is 19.6 Å². The minimum absolute atomic E-state index is 0.0262. The zero-order valence-corrected chi connectivity index (χ0v) is 15.7. The molecule has 0 unspecified atom stereocenters. The van der Waals surface area contributed by atoms with Crippen LogP contribution in [0.1, 0.15) is 37.0 Å². The van der Waals surface area contributed by atoms with E-state index in [1.54, 1.807) is 6.92 Å². The number of carbonyl (C=O) groups excluding carboxylic acids is 2. The molecule has 2 rings (SSSR count). The van der Waals surface area contributed by atoms with Crippen molar-refractivity contribution in [3.05, 3.63) is 28.8 Å². The number of sulfonamides is 1. The van der Waals surface area contributed by atoms with Crippen molar-refractivity contribution in [2.24, 2.45) is 0 Å². The molecule has 1 aromatic carbocycles. The molecular formula is C16H21ClN2O5S. The summed E-state index contributed by atoms with van der Waals surface area (Å²) in [4.78, 5) is 23.7. The SMILES string of the molecule is CCNC(=O)[C@@H](C)OC(=O)c1ccc(Cl)c(S(=O)(=O)N2CCCC2)c1. The van der Waals surface area contributed by atoms with Crippen LogP contribution in [0.2, 0.25) is 5.02 Å². The average Bonchev–Trinajstić information content (AvgIpc) is 3.10. The lowest BCUT2D eigenvalue weighted by atomic mass is 10.2. The number of halogens is 1. The first-order chi connectivity index (χ1) is 11.8. The first-order valence-corrected chi connectivity index (χ1v) is 9.87. The summed E-state index contributed by atoms with van der Waals surface area (Å²) in [6.45, 7) is 4.48. The molecule has 1 N–H and O–H groups in total. The lowest BCUT2D eigenvalue weighted by Crippen LogP contribution is -2.35. The van der Waals surface area contributed by atoms with E-state index in [2.05, 4.69) is 5.32 Å². The largest absolute Gasteiger partial charge is 0.449 e. The van der Waals surface area contributed by atoms with E-state index >= 15 is 0 Å². The molecule has 1 fully saturated rings. The fourth-order valence-electron chi connectivity index (χ4n) is 2.50. The highest BCUT2D eigenvalue weighted by Crippen LogP contribution is 2.28. The van der Waals surface area contributed by atoms with Gasteiger partial charge in [-0.3, -0.25) is 4.79 Å². The summed E-state index contributed by atoms with van der Waals surface area (Å²) in [5, 5.41) is 2.59. The Morgan fingerprint density at radius 1 is 1.32 bits per heavy atom. The van der Waals surface area contributed by atoms with Crippen LogP contribution in [0.5, 0.6) is 0 Å². The summed E-state index contributed by atoms with van der Waals surface area (Å²) in [6, 6.07) is 3.92. The molecule has 1 aliphatic heterocycles. The molecule has 1 aliphatic rings. The van der Waals surface area contributed by atoms with E-state index in [1.165, 1.54) is 29.4 Å². The normalized spacial score (nSPS) is 16.4. The molecule has 9 heteroatoms. The summed E-state index contributed by atoms with van der Waals surface area (Å²) in [6.07, 6.45) is 0.604. The lowest BCUT2D eigenvalue weighted by molar-refractivity contribution is -0.128. The second-order valence-electron chi connectivity index (χ2n) is 5.70. The van der Waals surface area contributed by atoms with E-state index in [1.807, 2.05) is 0 Å². The summed E-state index contributed by atoms with van der Waals surface area (Å²) >= 11 is 6.04. The lowest BCUT2D eigenvalue weighted by Gasteiger charge is -2.17. The number of nitrogens with zero attached hydrogens (tertiary/aromatic N) is 1. The van der Waals surface area contributed by atoms with Crippen molar-refractivity contribution in [3.8, 4) is 0 Å². The Hall–Kier alpha value is -1.64. The van der Waals surface area contributed by atoms with Crippen LogP contribution in [0, 0.1) is 0 Å². The number of ether oxygens (including phenoxy) is 1. The standard InChI is InChI=1S/C16H21ClN2O5S/c1-3-18-15(20)11(2)24-16(21)12-6-7-13(17)14(10-12)25(22,23)19-8-4-5-9-19/h6-7,10-11H,3-5,8-9H2,1-2H3,(H,18,20)/t11-/m1/s1. The van der Waals surface area contributed by atoms with Crippen molar-refractivity contribution < 1.29 is 22.7 Å². The summed E-state index contributed by atoms with van der Waals surface area (Å²) < 4.78 is 31.8. The molecule has 1 amide bonds. The van der Waals surface area contributed by atoms with E-state index in [9.17, 15) is 18.0 Å². The maximum atomic E-state index is 12.7. The topological polar surface area (TPSA) is 92.8 Å². The van der Waals surface area contributed by atoms with Gasteiger partial charge in [0.2, 0.25) is 10.0 Å². The van der Waals surface area contributed by atoms with Crippen LogP contribution in [0.15, 0.2) is 23.1 Å². The third-order valence-corrected chi connectivity index (χ3v) is 6.23. The molecule has 7 nitrogen and oxygen atoms in total. The van der Waals surface area contributed by atoms with Gasteiger partial charge in [-0.2, -0.15) is 4.31 Å². The number of rotatable bonds is 6. The van der Waals surface area contributed by atoms with Crippen LogP contribution in [0.3, 0.4) is 0 Å². The number of likely N-dealkylation sites (N-methyl/N-ethyl adjacent to an activating group) is 1. The third-order valence-electron chi connectivity index (χ3n) is 3.85. The van der Waals surface area contributed by atoms with Crippen LogP contribution in [-0.4, -0.2) is 50.3 Å². The number of benzene rings is 1. The molecule has 0 bridgehead atoms. The number of carbonyl (C=O) groups is 2. The smallest absolute Gasteiger partial charge is 0.338 e.